The van der Waals surface area contributed by atoms with Crippen LogP contribution in [0, 0.1) is 30.6 Å². The maximum absolute atomic E-state index is 5.96. The van der Waals surface area contributed by atoms with Crippen LogP contribution in [-0.2, 0) is 17.3 Å². The number of aromatic nitrogens is 4. The predicted octanol–water partition coefficient (Wildman–Crippen LogP) is 21.4. The van der Waals surface area contributed by atoms with E-state index in [2.05, 4.69) is 301 Å². The molecule has 8 heteroatoms. The second-order valence-corrected chi connectivity index (χ2v) is 29.4. The van der Waals surface area contributed by atoms with E-state index in [1.807, 2.05) is 0 Å². The van der Waals surface area contributed by atoms with Gasteiger partial charge in [0.2, 0.25) is 0 Å². The Morgan fingerprint density at radius 3 is 1.05 bits per heavy atom. The van der Waals surface area contributed by atoms with E-state index in [0.29, 0.717) is 23.7 Å². The van der Waals surface area contributed by atoms with E-state index < -0.39 is 10.8 Å². The van der Waals surface area contributed by atoms with Crippen molar-refractivity contribution < 1.29 is 0 Å². The summed E-state index contributed by atoms with van der Waals surface area (Å²) in [6, 6.07) is 57.0. The normalized spacial score (nSPS) is 20.4. The Bertz CT molecular complexity index is 4690. The Hall–Kier alpha value is -9.40. The Morgan fingerprint density at radius 2 is 0.681 bits per heavy atom. The van der Waals surface area contributed by atoms with Gasteiger partial charge in [-0.15, -0.1) is 0 Å². The van der Waals surface area contributed by atoms with E-state index in [1.165, 1.54) is 44.6 Å². The molecule has 8 nitrogen and oxygen atoms in total. The molecular weight excluding hydrogens is 1150 g/mol. The SMILES string of the molecule is CC1=C(CC(C)C)C2=N/C1=C(/c1ccccc1)c1ccc([nH]1)C(C)(C)c1ccc([nH]1)/C(c1ccccc1)=C1/N=C(C(CC(C)C)=C1C)c1[nH]c(c(C)c1CC(C)C)/C(c1ccccc1)=C1/C=CC(=N1)C(C)(C)c1ccc([nH]1)/C(c1ccccc1)=C1/N=C2C(CC(C)C)=C1C. The molecule has 476 valence electrons. The molecule has 0 radical (unpaired) electrons. The third-order valence-corrected chi connectivity index (χ3v) is 19.9. The van der Waals surface area contributed by atoms with Gasteiger partial charge in [-0.3, -0.25) is 4.99 Å². The average molecular weight is 1240 g/mol. The lowest BCUT2D eigenvalue weighted by Crippen LogP contribution is -2.27. The van der Waals surface area contributed by atoms with Crippen LogP contribution in [0.4, 0.5) is 0 Å². The van der Waals surface area contributed by atoms with Crippen LogP contribution in [0.15, 0.2) is 246 Å². The van der Waals surface area contributed by atoms with Crippen LogP contribution in [0.2, 0.25) is 0 Å². The van der Waals surface area contributed by atoms with E-state index >= 15 is 0 Å². The van der Waals surface area contributed by atoms with E-state index in [-0.39, 0.29) is 0 Å². The van der Waals surface area contributed by atoms with Crippen molar-refractivity contribution in [1.82, 2.24) is 19.9 Å². The highest BCUT2D eigenvalue weighted by molar-refractivity contribution is 6.55. The second-order valence-electron chi connectivity index (χ2n) is 29.4. The van der Waals surface area contributed by atoms with Gasteiger partial charge in [-0.05, 0) is 220 Å². The van der Waals surface area contributed by atoms with Crippen molar-refractivity contribution in [3.05, 3.63) is 305 Å². The number of rotatable bonds is 12. The summed E-state index contributed by atoms with van der Waals surface area (Å²) in [5.74, 6) is 1.50. The lowest BCUT2D eigenvalue weighted by Gasteiger charge is -2.23. The van der Waals surface area contributed by atoms with Crippen LogP contribution >= 0.6 is 0 Å². The maximum atomic E-state index is 5.96. The summed E-state index contributed by atoms with van der Waals surface area (Å²) in [5.41, 5.74) is 33.8. The quantitative estimate of drug-likeness (QED) is 0.0934. The highest BCUT2D eigenvalue weighted by Crippen LogP contribution is 2.47. The van der Waals surface area contributed by atoms with Crippen molar-refractivity contribution >= 4 is 45.1 Å². The van der Waals surface area contributed by atoms with Gasteiger partial charge in [-0.1, -0.05) is 177 Å². The van der Waals surface area contributed by atoms with Gasteiger partial charge in [0, 0.05) is 67.3 Å². The fourth-order valence-corrected chi connectivity index (χ4v) is 14.7. The van der Waals surface area contributed by atoms with E-state index in [0.717, 1.165) is 161 Å². The van der Waals surface area contributed by atoms with Crippen molar-refractivity contribution in [2.45, 2.75) is 147 Å². The van der Waals surface area contributed by atoms with Crippen LogP contribution in [0.5, 0.6) is 0 Å². The number of aliphatic imine (C=N–C) groups is 4. The van der Waals surface area contributed by atoms with Gasteiger partial charge in [0.15, 0.2) is 0 Å². The molecule has 0 atom stereocenters. The number of nitrogens with one attached hydrogen (secondary N) is 4. The molecule has 0 aliphatic carbocycles. The smallest absolute Gasteiger partial charge is 0.0932 e. The molecule has 0 unspecified atom stereocenters. The van der Waals surface area contributed by atoms with Crippen molar-refractivity contribution in [1.29, 1.82) is 0 Å². The highest BCUT2D eigenvalue weighted by atomic mass is 14.9. The third-order valence-electron chi connectivity index (χ3n) is 19.9. The minimum atomic E-state index is -0.533. The number of hydrogen-bond acceptors (Lipinski definition) is 4. The molecule has 8 aromatic rings. The van der Waals surface area contributed by atoms with Gasteiger partial charge >= 0.3 is 0 Å². The minimum Gasteiger partial charge on any atom is -0.358 e. The number of H-pyrrole nitrogens is 4. The number of aromatic amines is 4. The topological polar surface area (TPSA) is 113 Å². The van der Waals surface area contributed by atoms with Crippen molar-refractivity contribution in [2.24, 2.45) is 43.6 Å². The Balaban J connectivity index is 1.11. The Labute approximate surface area is 557 Å². The number of allylic oxidation sites excluding steroid dienone is 8. The van der Waals surface area contributed by atoms with Gasteiger partial charge in [0.25, 0.3) is 0 Å². The zero-order valence-corrected chi connectivity index (χ0v) is 58.1. The van der Waals surface area contributed by atoms with Gasteiger partial charge in [-0.25, -0.2) is 15.0 Å². The third kappa shape index (κ3) is 11.5. The van der Waals surface area contributed by atoms with E-state index in [4.69, 9.17) is 20.0 Å². The molecule has 0 fully saturated rings. The summed E-state index contributed by atoms with van der Waals surface area (Å²) < 4.78 is 0. The molecule has 4 aromatic heterocycles. The first-order valence-electron chi connectivity index (χ1n) is 34.2. The predicted molar refractivity (Wildman–Crippen MR) is 396 cm³/mol. The second kappa shape index (κ2) is 25.1. The first-order valence-corrected chi connectivity index (χ1v) is 34.2. The molecule has 4 aromatic carbocycles. The van der Waals surface area contributed by atoms with Crippen molar-refractivity contribution in [3.63, 3.8) is 0 Å². The summed E-state index contributed by atoms with van der Waals surface area (Å²) in [6.07, 6.45) is 7.93. The molecule has 94 heavy (non-hydrogen) atoms. The molecule has 5 aliphatic rings. The lowest BCUT2D eigenvalue weighted by atomic mass is 9.84. The molecule has 13 rings (SSSR count). The van der Waals surface area contributed by atoms with Crippen LogP contribution in [-0.4, -0.2) is 42.8 Å². The Kier molecular flexibility index (Phi) is 17.0. The average Bonchev–Trinajstić information content (AvgIpc) is 1.60. The van der Waals surface area contributed by atoms with E-state index in [9.17, 15) is 0 Å². The summed E-state index contributed by atoms with van der Waals surface area (Å²) in [4.78, 5) is 39.9. The molecule has 5 aliphatic heterocycles. The van der Waals surface area contributed by atoms with Crippen LogP contribution in [0.1, 0.15) is 202 Å². The molecule has 0 saturated heterocycles. The first kappa shape index (κ1) is 63.4. The zero-order chi connectivity index (χ0) is 66.1. The lowest BCUT2D eigenvalue weighted by molar-refractivity contribution is 0.602. The highest BCUT2D eigenvalue weighted by Gasteiger charge is 2.39. The van der Waals surface area contributed by atoms with Crippen LogP contribution < -0.4 is 0 Å². The largest absolute Gasteiger partial charge is 0.358 e. The molecule has 0 amide bonds. The minimum absolute atomic E-state index is 0.368. The summed E-state index contributed by atoms with van der Waals surface area (Å²) >= 11 is 0. The van der Waals surface area contributed by atoms with Gasteiger partial charge in [0.1, 0.15) is 0 Å². The van der Waals surface area contributed by atoms with Crippen LogP contribution in [0.3, 0.4) is 0 Å². The molecule has 0 saturated carbocycles. The molecule has 9 heterocycles. The molecule has 4 N–H and O–H groups in total. The number of nitrogens with zero attached hydrogens (tertiary/aromatic N) is 4. The van der Waals surface area contributed by atoms with E-state index in [1.54, 1.807) is 0 Å². The van der Waals surface area contributed by atoms with Gasteiger partial charge in [-0.2, -0.15) is 0 Å². The van der Waals surface area contributed by atoms with Crippen LogP contribution in [0.25, 0.3) is 22.3 Å². The summed E-state index contributed by atoms with van der Waals surface area (Å²) in [6.45, 7) is 37.0. The number of benzene rings is 4. The molecule has 0 spiro atoms. The molecule has 16 bridgehead atoms. The Morgan fingerprint density at radius 1 is 0.340 bits per heavy atom. The van der Waals surface area contributed by atoms with Gasteiger partial charge < -0.3 is 19.9 Å². The van der Waals surface area contributed by atoms with Crippen molar-refractivity contribution in [3.8, 4) is 0 Å². The number of hydrogen-bond donors (Lipinski definition) is 4. The first-order chi connectivity index (χ1) is 45.1. The molecular formula is C86H92N8. The monoisotopic (exact) mass is 1240 g/mol. The summed E-state index contributed by atoms with van der Waals surface area (Å²) in [5, 5.41) is 0. The van der Waals surface area contributed by atoms with Crippen molar-refractivity contribution in [2.75, 3.05) is 0 Å². The van der Waals surface area contributed by atoms with Gasteiger partial charge in [0.05, 0.1) is 57.0 Å². The summed E-state index contributed by atoms with van der Waals surface area (Å²) in [7, 11) is 0. The zero-order valence-electron chi connectivity index (χ0n) is 58.1. The fourth-order valence-electron chi connectivity index (χ4n) is 14.7. The fraction of sp³-hybridized carbons (Fsp3) is 0.302. The standard InChI is InChI=1S/C86H92N8/c1-49(2)45-61-53(9)77-73(57-29-21-17-22-30-57)65-37-41-69(87-65)85(13,14)70-43-39-67(89-70)75(59-33-25-19-26-34-59)79-55(11)63(47-51(5)6)83(93-79)84-64(48-52(7)8)56(12)80(94-84)76(60-35-27-20-28-36-60)68-40-44-72(90-68)86(15,16)71-42-38-66(88-71)74(58-31-23-18-24-32-58)78-54(10)62(46-50(3)4)82(92-78)81(61)91-77/h17-44,49-52,87-89,94H,45-48H2,1-16H3/b76-68-,77-73-,78-74+,79-75+. The number of fused-ring (bicyclic) bond motifs is 14. The maximum Gasteiger partial charge on any atom is 0.0932 e.